The highest BCUT2D eigenvalue weighted by Crippen LogP contribution is 2.24. The summed E-state index contributed by atoms with van der Waals surface area (Å²) >= 11 is 0. The van der Waals surface area contributed by atoms with Crippen molar-refractivity contribution in [2.75, 3.05) is 7.11 Å². The molecule has 0 aliphatic rings. The van der Waals surface area contributed by atoms with E-state index in [2.05, 4.69) is 0 Å². The average Bonchev–Trinajstić information content (AvgIpc) is 2.84. The number of rotatable bonds is 8. The fourth-order valence-electron chi connectivity index (χ4n) is 4.02. The molecule has 3 aromatic carbocycles. The first-order valence-electron chi connectivity index (χ1n) is 11.0. The van der Waals surface area contributed by atoms with Gasteiger partial charge >= 0.3 is 5.63 Å². The Morgan fingerprint density at radius 1 is 0.909 bits per heavy atom. The molecule has 4 aromatic rings. The smallest absolute Gasteiger partial charge is 0.339 e. The van der Waals surface area contributed by atoms with E-state index in [1.165, 1.54) is 0 Å². The second-order valence-electron chi connectivity index (χ2n) is 8.08. The van der Waals surface area contributed by atoms with Crippen LogP contribution in [0.4, 0.5) is 0 Å². The van der Waals surface area contributed by atoms with Crippen molar-refractivity contribution >= 4 is 16.9 Å². The molecule has 168 valence electrons. The highest BCUT2D eigenvalue weighted by molar-refractivity contribution is 5.83. The van der Waals surface area contributed by atoms with Crippen molar-refractivity contribution in [1.82, 2.24) is 4.90 Å². The molecule has 0 radical (unpaired) electrons. The van der Waals surface area contributed by atoms with E-state index >= 15 is 0 Å². The molecule has 0 fully saturated rings. The van der Waals surface area contributed by atoms with Crippen molar-refractivity contribution in [2.24, 2.45) is 0 Å². The first-order chi connectivity index (χ1) is 16.0. The van der Waals surface area contributed by atoms with Gasteiger partial charge in [-0.05, 0) is 42.2 Å². The Kier molecular flexibility index (Phi) is 6.89. The Hall–Kier alpha value is -3.86. The lowest BCUT2D eigenvalue weighted by Crippen LogP contribution is -2.30. The fraction of sp³-hybridized carbons (Fsp3) is 0.214. The Morgan fingerprint density at radius 2 is 1.52 bits per heavy atom. The molecule has 0 saturated carbocycles. The molecule has 0 spiro atoms. The van der Waals surface area contributed by atoms with Crippen molar-refractivity contribution in [3.05, 3.63) is 112 Å². The number of carbonyl (C=O) groups is 1. The van der Waals surface area contributed by atoms with Crippen LogP contribution in [0.2, 0.25) is 0 Å². The molecule has 0 atom stereocenters. The molecule has 1 amide bonds. The zero-order valence-electron chi connectivity index (χ0n) is 18.9. The number of fused-ring (bicyclic) bond motifs is 1. The monoisotopic (exact) mass is 441 g/mol. The molecular formula is C28H27NO4. The second-order valence-corrected chi connectivity index (χ2v) is 8.08. The van der Waals surface area contributed by atoms with Gasteiger partial charge in [-0.3, -0.25) is 4.79 Å². The number of carbonyl (C=O) groups excluding carboxylic acids is 1. The summed E-state index contributed by atoms with van der Waals surface area (Å²) in [5, 5.41) is 0.850. The van der Waals surface area contributed by atoms with Gasteiger partial charge in [0.1, 0.15) is 11.3 Å². The van der Waals surface area contributed by atoms with Crippen LogP contribution in [-0.2, 0) is 24.3 Å². The summed E-state index contributed by atoms with van der Waals surface area (Å²) in [6.07, 6.45) is 0.558. The summed E-state index contributed by atoms with van der Waals surface area (Å²) in [6.45, 7) is 2.93. The van der Waals surface area contributed by atoms with Crippen LogP contribution in [0, 0.1) is 6.92 Å². The van der Waals surface area contributed by atoms with E-state index in [4.69, 9.17) is 9.15 Å². The molecule has 0 unspecified atom stereocenters. The fourth-order valence-corrected chi connectivity index (χ4v) is 4.02. The van der Waals surface area contributed by atoms with Crippen molar-refractivity contribution in [2.45, 2.75) is 32.9 Å². The molecule has 0 saturated heterocycles. The van der Waals surface area contributed by atoms with Gasteiger partial charge in [0.25, 0.3) is 0 Å². The van der Waals surface area contributed by atoms with Crippen LogP contribution in [0.15, 0.2) is 88.1 Å². The predicted octanol–water partition coefficient (Wildman–Crippen LogP) is 5.27. The van der Waals surface area contributed by atoms with E-state index in [1.807, 2.05) is 84.6 Å². The molecule has 0 bridgehead atoms. The van der Waals surface area contributed by atoms with E-state index in [0.717, 1.165) is 22.1 Å². The standard InChI is InChI=1S/C28H27NO4/c1-20-24-14-13-23(32-2)17-26(24)33-28(31)25(20)15-16-27(30)29(18-21-9-5-3-6-10-21)19-22-11-7-4-8-12-22/h3-14,17H,15-16,18-19H2,1-2H3. The van der Waals surface area contributed by atoms with Gasteiger partial charge in [0.05, 0.1) is 7.11 Å². The summed E-state index contributed by atoms with van der Waals surface area (Å²) in [5.74, 6) is 0.627. The molecule has 4 rings (SSSR count). The lowest BCUT2D eigenvalue weighted by Gasteiger charge is -2.23. The minimum Gasteiger partial charge on any atom is -0.497 e. The molecular weight excluding hydrogens is 414 g/mol. The first-order valence-corrected chi connectivity index (χ1v) is 11.0. The quantitative estimate of drug-likeness (QED) is 0.350. The number of ether oxygens (including phenoxy) is 1. The molecule has 5 nitrogen and oxygen atoms in total. The number of nitrogens with zero attached hydrogens (tertiary/aromatic N) is 1. The Morgan fingerprint density at radius 3 is 2.09 bits per heavy atom. The largest absolute Gasteiger partial charge is 0.497 e. The van der Waals surface area contributed by atoms with Crippen LogP contribution in [-0.4, -0.2) is 17.9 Å². The third kappa shape index (κ3) is 5.32. The maximum absolute atomic E-state index is 13.3. The van der Waals surface area contributed by atoms with Gasteiger partial charge in [-0.2, -0.15) is 0 Å². The molecule has 1 aromatic heterocycles. The number of aryl methyl sites for hydroxylation is 1. The van der Waals surface area contributed by atoms with E-state index in [9.17, 15) is 9.59 Å². The molecule has 1 heterocycles. The highest BCUT2D eigenvalue weighted by atomic mass is 16.5. The summed E-state index contributed by atoms with van der Waals surface area (Å²) < 4.78 is 10.8. The van der Waals surface area contributed by atoms with E-state index in [0.29, 0.717) is 36.4 Å². The topological polar surface area (TPSA) is 59.8 Å². The van der Waals surface area contributed by atoms with E-state index in [-0.39, 0.29) is 12.3 Å². The van der Waals surface area contributed by atoms with Crippen LogP contribution < -0.4 is 10.4 Å². The van der Waals surface area contributed by atoms with Crippen LogP contribution >= 0.6 is 0 Å². The molecule has 0 N–H and O–H groups in total. The summed E-state index contributed by atoms with van der Waals surface area (Å²) in [6, 6.07) is 25.3. The Bertz CT molecular complexity index is 1250. The number of benzene rings is 3. The zero-order valence-corrected chi connectivity index (χ0v) is 18.9. The third-order valence-corrected chi connectivity index (χ3v) is 5.87. The lowest BCUT2D eigenvalue weighted by molar-refractivity contribution is -0.132. The van der Waals surface area contributed by atoms with Crippen LogP contribution in [0.25, 0.3) is 11.0 Å². The second kappa shape index (κ2) is 10.2. The Balaban J connectivity index is 1.55. The van der Waals surface area contributed by atoms with Crippen molar-refractivity contribution in [3.8, 4) is 5.75 Å². The summed E-state index contributed by atoms with van der Waals surface area (Å²) in [7, 11) is 1.57. The first kappa shape index (κ1) is 22.3. The number of hydrogen-bond donors (Lipinski definition) is 0. The summed E-state index contributed by atoms with van der Waals surface area (Å²) in [5.41, 5.74) is 3.60. The maximum Gasteiger partial charge on any atom is 0.339 e. The zero-order chi connectivity index (χ0) is 23.2. The molecule has 5 heteroatoms. The molecule has 0 aliphatic heterocycles. The average molecular weight is 442 g/mol. The van der Waals surface area contributed by atoms with Gasteiger partial charge in [0.2, 0.25) is 5.91 Å². The van der Waals surface area contributed by atoms with Crippen LogP contribution in [0.3, 0.4) is 0 Å². The van der Waals surface area contributed by atoms with E-state index < -0.39 is 5.63 Å². The van der Waals surface area contributed by atoms with Gasteiger partial charge in [-0.15, -0.1) is 0 Å². The van der Waals surface area contributed by atoms with Gasteiger partial charge in [0, 0.05) is 36.5 Å². The minimum absolute atomic E-state index is 0.00339. The lowest BCUT2D eigenvalue weighted by atomic mass is 10.0. The number of hydrogen-bond acceptors (Lipinski definition) is 4. The van der Waals surface area contributed by atoms with Gasteiger partial charge in [-0.25, -0.2) is 4.79 Å². The predicted molar refractivity (Wildman–Crippen MR) is 129 cm³/mol. The Labute approximate surface area is 193 Å². The summed E-state index contributed by atoms with van der Waals surface area (Å²) in [4.78, 5) is 27.8. The van der Waals surface area contributed by atoms with Gasteiger partial charge < -0.3 is 14.1 Å². The van der Waals surface area contributed by atoms with Crippen molar-refractivity contribution in [1.29, 1.82) is 0 Å². The van der Waals surface area contributed by atoms with Crippen molar-refractivity contribution < 1.29 is 13.9 Å². The van der Waals surface area contributed by atoms with Gasteiger partial charge in [-0.1, -0.05) is 60.7 Å². The minimum atomic E-state index is -0.404. The SMILES string of the molecule is COc1ccc2c(C)c(CCC(=O)N(Cc3ccccc3)Cc3ccccc3)c(=O)oc2c1. The normalized spacial score (nSPS) is 10.8. The van der Waals surface area contributed by atoms with Crippen LogP contribution in [0.1, 0.15) is 28.7 Å². The number of amides is 1. The van der Waals surface area contributed by atoms with Crippen molar-refractivity contribution in [3.63, 3.8) is 0 Å². The molecule has 0 aliphatic carbocycles. The third-order valence-electron chi connectivity index (χ3n) is 5.87. The highest BCUT2D eigenvalue weighted by Gasteiger charge is 2.18. The van der Waals surface area contributed by atoms with Crippen LogP contribution in [0.5, 0.6) is 5.75 Å². The van der Waals surface area contributed by atoms with E-state index in [1.54, 1.807) is 13.2 Å². The molecule has 33 heavy (non-hydrogen) atoms. The van der Waals surface area contributed by atoms with Gasteiger partial charge in [0.15, 0.2) is 0 Å². The number of methoxy groups -OCH3 is 1. The maximum atomic E-state index is 13.3.